The molecule has 2 atom stereocenters. The maximum atomic E-state index is 12.9. The first kappa shape index (κ1) is 13.5. The van der Waals surface area contributed by atoms with Gasteiger partial charge in [0.05, 0.1) is 17.3 Å². The minimum absolute atomic E-state index is 0.156. The molecular formula is C15H22N4O. The molecule has 5 heteroatoms. The molecule has 2 aliphatic heterocycles. The second kappa shape index (κ2) is 5.50. The molecule has 0 aromatic carbocycles. The van der Waals surface area contributed by atoms with Crippen molar-refractivity contribution in [3.05, 3.63) is 24.5 Å². The smallest absolute Gasteiger partial charge is 0.232 e. The summed E-state index contributed by atoms with van der Waals surface area (Å²) in [5.41, 5.74) is 0.533. The molecule has 20 heavy (non-hydrogen) atoms. The molecule has 1 aromatic rings. The van der Waals surface area contributed by atoms with Crippen LogP contribution in [0.25, 0.3) is 0 Å². The van der Waals surface area contributed by atoms with E-state index in [1.54, 1.807) is 12.4 Å². The molecule has 108 valence electrons. The van der Waals surface area contributed by atoms with Crippen LogP contribution in [0, 0.1) is 5.41 Å². The molecule has 0 saturated carbocycles. The van der Waals surface area contributed by atoms with Crippen molar-refractivity contribution < 1.29 is 4.79 Å². The average Bonchev–Trinajstić information content (AvgIpc) is 2.66. The number of pyridine rings is 1. The van der Waals surface area contributed by atoms with Crippen molar-refractivity contribution in [3.63, 3.8) is 0 Å². The standard InChI is InChI=1S/C15H22N4O/c1-19-10-6-15(5-9-16-8-4-13(15)19)14(20)18-12-3-2-7-17-11-12/h2-3,7,11,13,16H,4-6,8-10H2,1H3,(H,18,20)/t13-,15+/m1/s1. The molecule has 0 aliphatic carbocycles. The number of nitrogens with zero attached hydrogens (tertiary/aromatic N) is 2. The van der Waals surface area contributed by atoms with E-state index in [9.17, 15) is 4.79 Å². The summed E-state index contributed by atoms with van der Waals surface area (Å²) in [6.45, 7) is 2.92. The van der Waals surface area contributed by atoms with Crippen molar-refractivity contribution in [1.29, 1.82) is 0 Å². The fourth-order valence-corrected chi connectivity index (χ4v) is 3.65. The largest absolute Gasteiger partial charge is 0.324 e. The quantitative estimate of drug-likeness (QED) is 0.848. The number of amides is 1. The third kappa shape index (κ3) is 2.31. The van der Waals surface area contributed by atoms with Crippen LogP contribution in [0.1, 0.15) is 19.3 Å². The van der Waals surface area contributed by atoms with Gasteiger partial charge in [-0.3, -0.25) is 9.78 Å². The second-order valence-corrected chi connectivity index (χ2v) is 5.89. The number of aromatic nitrogens is 1. The third-order valence-corrected chi connectivity index (χ3v) is 4.79. The lowest BCUT2D eigenvalue weighted by Crippen LogP contribution is -2.46. The molecule has 0 bridgehead atoms. The van der Waals surface area contributed by atoms with E-state index in [1.807, 2.05) is 12.1 Å². The molecule has 1 aromatic heterocycles. The normalized spacial score (nSPS) is 30.6. The van der Waals surface area contributed by atoms with Gasteiger partial charge < -0.3 is 15.5 Å². The van der Waals surface area contributed by atoms with Crippen LogP contribution < -0.4 is 10.6 Å². The topological polar surface area (TPSA) is 57.3 Å². The Bertz CT molecular complexity index is 478. The van der Waals surface area contributed by atoms with Gasteiger partial charge in [0.2, 0.25) is 5.91 Å². The van der Waals surface area contributed by atoms with Gasteiger partial charge >= 0.3 is 0 Å². The predicted octanol–water partition coefficient (Wildman–Crippen LogP) is 1.09. The number of hydrogen-bond acceptors (Lipinski definition) is 4. The van der Waals surface area contributed by atoms with Crippen molar-refractivity contribution >= 4 is 11.6 Å². The van der Waals surface area contributed by atoms with Crippen LogP contribution >= 0.6 is 0 Å². The lowest BCUT2D eigenvalue weighted by molar-refractivity contribution is -0.127. The predicted molar refractivity (Wildman–Crippen MR) is 78.4 cm³/mol. The van der Waals surface area contributed by atoms with Crippen molar-refractivity contribution in [2.45, 2.75) is 25.3 Å². The number of rotatable bonds is 2. The zero-order chi connectivity index (χ0) is 14.0. The van der Waals surface area contributed by atoms with Crippen LogP contribution in [-0.2, 0) is 4.79 Å². The van der Waals surface area contributed by atoms with E-state index in [1.165, 1.54) is 0 Å². The van der Waals surface area contributed by atoms with Crippen molar-refractivity contribution in [2.24, 2.45) is 5.41 Å². The number of hydrogen-bond donors (Lipinski definition) is 2. The highest BCUT2D eigenvalue weighted by Crippen LogP contribution is 2.42. The Morgan fingerprint density at radius 2 is 2.40 bits per heavy atom. The van der Waals surface area contributed by atoms with E-state index in [0.717, 1.165) is 44.6 Å². The van der Waals surface area contributed by atoms with Gasteiger partial charge in [-0.25, -0.2) is 0 Å². The molecule has 2 aliphatic rings. The molecule has 2 fully saturated rings. The Morgan fingerprint density at radius 3 is 3.20 bits per heavy atom. The summed E-state index contributed by atoms with van der Waals surface area (Å²) in [6.07, 6.45) is 6.32. The van der Waals surface area contributed by atoms with Crippen LogP contribution in [0.2, 0.25) is 0 Å². The summed E-state index contributed by atoms with van der Waals surface area (Å²) in [4.78, 5) is 19.3. The number of fused-ring (bicyclic) bond motifs is 1. The Labute approximate surface area is 119 Å². The van der Waals surface area contributed by atoms with Gasteiger partial charge in [-0.15, -0.1) is 0 Å². The summed E-state index contributed by atoms with van der Waals surface area (Å²) < 4.78 is 0. The van der Waals surface area contributed by atoms with E-state index < -0.39 is 0 Å². The summed E-state index contributed by atoms with van der Waals surface area (Å²) in [5.74, 6) is 0.156. The molecule has 2 N–H and O–H groups in total. The lowest BCUT2D eigenvalue weighted by Gasteiger charge is -2.34. The van der Waals surface area contributed by atoms with Crippen LogP contribution in [-0.4, -0.2) is 48.5 Å². The number of carbonyl (C=O) groups excluding carboxylic acids is 1. The van der Waals surface area contributed by atoms with Gasteiger partial charge in [0, 0.05) is 12.2 Å². The highest BCUT2D eigenvalue weighted by atomic mass is 16.2. The Hall–Kier alpha value is -1.46. The Kier molecular flexibility index (Phi) is 3.72. The highest BCUT2D eigenvalue weighted by Gasteiger charge is 2.51. The molecule has 0 radical (unpaired) electrons. The monoisotopic (exact) mass is 274 g/mol. The molecule has 3 heterocycles. The van der Waals surface area contributed by atoms with Crippen molar-refractivity contribution in [3.8, 4) is 0 Å². The van der Waals surface area contributed by atoms with E-state index in [2.05, 4.69) is 27.6 Å². The van der Waals surface area contributed by atoms with Gasteiger partial charge in [0.1, 0.15) is 0 Å². The summed E-state index contributed by atoms with van der Waals surface area (Å²) in [7, 11) is 2.13. The van der Waals surface area contributed by atoms with Crippen LogP contribution in [0.3, 0.4) is 0 Å². The van der Waals surface area contributed by atoms with E-state index >= 15 is 0 Å². The van der Waals surface area contributed by atoms with E-state index in [0.29, 0.717) is 6.04 Å². The molecule has 1 amide bonds. The van der Waals surface area contributed by atoms with Crippen LogP contribution in [0.4, 0.5) is 5.69 Å². The van der Waals surface area contributed by atoms with E-state index in [-0.39, 0.29) is 11.3 Å². The Balaban J connectivity index is 1.83. The molecule has 3 rings (SSSR count). The van der Waals surface area contributed by atoms with Gasteiger partial charge in [-0.05, 0) is 58.1 Å². The van der Waals surface area contributed by atoms with E-state index in [4.69, 9.17) is 0 Å². The van der Waals surface area contributed by atoms with Crippen LogP contribution in [0.5, 0.6) is 0 Å². The number of nitrogens with one attached hydrogen (secondary N) is 2. The zero-order valence-corrected chi connectivity index (χ0v) is 11.9. The fourth-order valence-electron chi connectivity index (χ4n) is 3.65. The van der Waals surface area contributed by atoms with Gasteiger partial charge in [-0.2, -0.15) is 0 Å². The minimum atomic E-state index is -0.256. The summed E-state index contributed by atoms with van der Waals surface area (Å²) in [5, 5.41) is 6.49. The zero-order valence-electron chi connectivity index (χ0n) is 11.9. The SMILES string of the molecule is CN1CC[C@@]2(C(=O)Nc3cccnc3)CCNCC[C@@H]12. The van der Waals surface area contributed by atoms with Crippen molar-refractivity contribution in [1.82, 2.24) is 15.2 Å². The maximum Gasteiger partial charge on any atom is 0.232 e. The summed E-state index contributed by atoms with van der Waals surface area (Å²) >= 11 is 0. The molecule has 0 unspecified atom stereocenters. The van der Waals surface area contributed by atoms with Crippen LogP contribution in [0.15, 0.2) is 24.5 Å². The molecule has 2 saturated heterocycles. The molecular weight excluding hydrogens is 252 g/mol. The first-order valence-corrected chi connectivity index (χ1v) is 7.35. The lowest BCUT2D eigenvalue weighted by atomic mass is 9.75. The Morgan fingerprint density at radius 1 is 1.50 bits per heavy atom. The average molecular weight is 274 g/mol. The number of carbonyl (C=O) groups is 1. The second-order valence-electron chi connectivity index (χ2n) is 5.89. The van der Waals surface area contributed by atoms with Crippen molar-refractivity contribution in [2.75, 3.05) is 32.0 Å². The molecule has 5 nitrogen and oxygen atoms in total. The first-order valence-electron chi connectivity index (χ1n) is 7.35. The van der Waals surface area contributed by atoms with Gasteiger partial charge in [-0.1, -0.05) is 0 Å². The maximum absolute atomic E-state index is 12.9. The minimum Gasteiger partial charge on any atom is -0.324 e. The third-order valence-electron chi connectivity index (χ3n) is 4.79. The number of anilines is 1. The van der Waals surface area contributed by atoms with Gasteiger partial charge in [0.15, 0.2) is 0 Å². The fraction of sp³-hybridized carbons (Fsp3) is 0.600. The summed E-state index contributed by atoms with van der Waals surface area (Å²) in [6, 6.07) is 4.08. The first-order chi connectivity index (χ1) is 9.72. The molecule has 0 spiro atoms. The van der Waals surface area contributed by atoms with Gasteiger partial charge in [0.25, 0.3) is 0 Å². The highest BCUT2D eigenvalue weighted by molar-refractivity contribution is 5.96. The number of likely N-dealkylation sites (tertiary alicyclic amines) is 1.